The number of para-hydroxylation sites is 1. The number of nitrogens with one attached hydrogen (secondary N) is 2. The molecule has 130 valence electrons. The van der Waals surface area contributed by atoms with E-state index in [1.54, 1.807) is 0 Å². The molecule has 0 atom stereocenters. The molecule has 0 spiro atoms. The topological polar surface area (TPSA) is 58.2 Å². The molecular weight excluding hydrogens is 300 g/mol. The molecule has 4 heteroatoms. The van der Waals surface area contributed by atoms with Crippen molar-refractivity contribution in [1.29, 1.82) is 0 Å². The molecule has 2 aliphatic carbocycles. The number of rotatable bonds is 4. The monoisotopic (exact) mass is 328 g/mol. The summed E-state index contributed by atoms with van der Waals surface area (Å²) < 4.78 is 0. The predicted molar refractivity (Wildman–Crippen MR) is 95.8 cm³/mol. The molecule has 2 amide bonds. The highest BCUT2D eigenvalue weighted by molar-refractivity contribution is 6.13. The summed E-state index contributed by atoms with van der Waals surface area (Å²) in [4.78, 5) is 25.4. The Bertz CT molecular complexity index is 635. The number of carbonyl (C=O) groups is 2. The smallest absolute Gasteiger partial charge is 0.240 e. The summed E-state index contributed by atoms with van der Waals surface area (Å²) in [5, 5.41) is 6.12. The van der Waals surface area contributed by atoms with E-state index in [4.69, 9.17) is 0 Å². The van der Waals surface area contributed by atoms with Crippen molar-refractivity contribution in [3.63, 3.8) is 0 Å². The first-order chi connectivity index (χ1) is 11.3. The van der Waals surface area contributed by atoms with Crippen molar-refractivity contribution in [2.45, 2.75) is 70.8 Å². The van der Waals surface area contributed by atoms with E-state index in [9.17, 15) is 9.59 Å². The van der Waals surface area contributed by atoms with E-state index >= 15 is 0 Å². The number of carbonyl (C=O) groups excluding carboxylic acids is 2. The molecule has 0 radical (unpaired) electrons. The molecule has 4 nitrogen and oxygen atoms in total. The first kappa shape index (κ1) is 17.0. The van der Waals surface area contributed by atoms with Crippen LogP contribution < -0.4 is 10.6 Å². The van der Waals surface area contributed by atoms with Gasteiger partial charge < -0.3 is 10.6 Å². The second-order valence-corrected chi connectivity index (χ2v) is 8.29. The van der Waals surface area contributed by atoms with E-state index in [0.717, 1.165) is 24.1 Å². The molecule has 0 unspecified atom stereocenters. The van der Waals surface area contributed by atoms with Crippen LogP contribution in [0.25, 0.3) is 0 Å². The molecule has 2 fully saturated rings. The third-order valence-corrected chi connectivity index (χ3v) is 5.29. The second-order valence-electron chi connectivity index (χ2n) is 8.29. The van der Waals surface area contributed by atoms with Crippen LogP contribution in [-0.4, -0.2) is 17.9 Å². The van der Waals surface area contributed by atoms with Crippen LogP contribution in [0.5, 0.6) is 0 Å². The maximum absolute atomic E-state index is 12.8. The Hall–Kier alpha value is -1.84. The fourth-order valence-electron chi connectivity index (χ4n) is 3.56. The van der Waals surface area contributed by atoms with E-state index < -0.39 is 5.41 Å². The van der Waals surface area contributed by atoms with Crippen LogP contribution in [0, 0.1) is 5.41 Å². The highest BCUT2D eigenvalue weighted by atomic mass is 16.2. The van der Waals surface area contributed by atoms with E-state index in [1.807, 2.05) is 24.3 Å². The predicted octanol–water partition coefficient (Wildman–Crippen LogP) is 3.76. The molecule has 0 heterocycles. The summed E-state index contributed by atoms with van der Waals surface area (Å²) in [6, 6.07) is 8.11. The maximum Gasteiger partial charge on any atom is 0.240 e. The molecular formula is C20H28N2O2. The third kappa shape index (κ3) is 3.33. The molecule has 2 saturated carbocycles. The highest BCUT2D eigenvalue weighted by Gasteiger charge is 2.57. The summed E-state index contributed by atoms with van der Waals surface area (Å²) in [5.41, 5.74) is 0.987. The minimum Gasteiger partial charge on any atom is -0.352 e. The molecule has 1 aromatic carbocycles. The van der Waals surface area contributed by atoms with Crippen molar-refractivity contribution < 1.29 is 9.59 Å². The Labute approximate surface area is 144 Å². The second kappa shape index (κ2) is 6.23. The van der Waals surface area contributed by atoms with Crippen LogP contribution in [0.1, 0.15) is 64.9 Å². The van der Waals surface area contributed by atoms with Gasteiger partial charge in [0.25, 0.3) is 0 Å². The van der Waals surface area contributed by atoms with Crippen LogP contribution in [-0.2, 0) is 15.0 Å². The lowest BCUT2D eigenvalue weighted by Gasteiger charge is -2.24. The summed E-state index contributed by atoms with van der Waals surface area (Å²) in [5.74, 6) is -0.241. The lowest BCUT2D eigenvalue weighted by Crippen LogP contribution is -2.43. The zero-order valence-corrected chi connectivity index (χ0v) is 14.9. The Morgan fingerprint density at radius 2 is 1.67 bits per heavy atom. The van der Waals surface area contributed by atoms with E-state index in [-0.39, 0.29) is 23.3 Å². The molecule has 1 aromatic rings. The lowest BCUT2D eigenvalue weighted by atomic mass is 9.85. The largest absolute Gasteiger partial charge is 0.352 e. The van der Waals surface area contributed by atoms with Crippen molar-refractivity contribution in [1.82, 2.24) is 5.32 Å². The number of hydrogen-bond acceptors (Lipinski definition) is 2. The van der Waals surface area contributed by atoms with Gasteiger partial charge in [-0.3, -0.25) is 9.59 Å². The molecule has 2 aliphatic rings. The molecule has 24 heavy (non-hydrogen) atoms. The zero-order chi connectivity index (χ0) is 17.4. The van der Waals surface area contributed by atoms with Gasteiger partial charge in [0.2, 0.25) is 11.8 Å². The Kier molecular flexibility index (Phi) is 4.41. The Morgan fingerprint density at radius 3 is 2.25 bits per heavy atom. The summed E-state index contributed by atoms with van der Waals surface area (Å²) in [7, 11) is 0. The highest BCUT2D eigenvalue weighted by Crippen LogP contribution is 2.47. The molecule has 0 aliphatic heterocycles. The maximum atomic E-state index is 12.8. The minimum atomic E-state index is -0.854. The zero-order valence-electron chi connectivity index (χ0n) is 14.9. The standard InChI is InChI=1S/C20H28N2O2/c1-19(2,3)15-10-6-7-11-16(15)22-18(24)20(12-13-20)17(23)21-14-8-4-5-9-14/h6-7,10-11,14H,4-5,8-9,12-13H2,1-3H3,(H,21,23)(H,22,24). The SMILES string of the molecule is CC(C)(C)c1ccccc1NC(=O)C1(C(=O)NC2CCCC2)CC1. The van der Waals surface area contributed by atoms with E-state index in [2.05, 4.69) is 31.4 Å². The number of hydrogen-bond donors (Lipinski definition) is 2. The van der Waals surface area contributed by atoms with Gasteiger partial charge in [0.05, 0.1) is 0 Å². The van der Waals surface area contributed by atoms with Gasteiger partial charge in [-0.2, -0.15) is 0 Å². The molecule has 0 aromatic heterocycles. The first-order valence-electron chi connectivity index (χ1n) is 9.05. The first-order valence-corrected chi connectivity index (χ1v) is 9.05. The summed E-state index contributed by atoms with van der Waals surface area (Å²) >= 11 is 0. The van der Waals surface area contributed by atoms with E-state index in [1.165, 1.54) is 12.8 Å². The van der Waals surface area contributed by atoms with Gasteiger partial charge in [0, 0.05) is 11.7 Å². The van der Waals surface area contributed by atoms with Gasteiger partial charge in [0.15, 0.2) is 0 Å². The average Bonchev–Trinajstić information content (AvgIpc) is 3.19. The van der Waals surface area contributed by atoms with Crippen molar-refractivity contribution in [3.05, 3.63) is 29.8 Å². The van der Waals surface area contributed by atoms with Crippen molar-refractivity contribution >= 4 is 17.5 Å². The molecule has 2 N–H and O–H groups in total. The number of amides is 2. The Balaban J connectivity index is 1.72. The normalized spacial score (nSPS) is 19.8. The fourth-order valence-corrected chi connectivity index (χ4v) is 3.56. The molecule has 0 saturated heterocycles. The van der Waals surface area contributed by atoms with Gasteiger partial charge in [-0.1, -0.05) is 51.8 Å². The minimum absolute atomic E-state index is 0.0628. The van der Waals surface area contributed by atoms with E-state index in [0.29, 0.717) is 12.8 Å². The van der Waals surface area contributed by atoms with Gasteiger partial charge in [0.1, 0.15) is 5.41 Å². The lowest BCUT2D eigenvalue weighted by molar-refractivity contribution is -0.134. The van der Waals surface area contributed by atoms with Crippen LogP contribution in [0.3, 0.4) is 0 Å². The molecule has 0 bridgehead atoms. The van der Waals surface area contributed by atoms with Crippen LogP contribution >= 0.6 is 0 Å². The van der Waals surface area contributed by atoms with Crippen molar-refractivity contribution in [2.75, 3.05) is 5.32 Å². The van der Waals surface area contributed by atoms with Crippen molar-refractivity contribution in [2.24, 2.45) is 5.41 Å². The summed E-state index contributed by atoms with van der Waals surface area (Å²) in [6.45, 7) is 6.37. The third-order valence-electron chi connectivity index (χ3n) is 5.29. The van der Waals surface area contributed by atoms with Crippen LogP contribution in [0.15, 0.2) is 24.3 Å². The number of benzene rings is 1. The van der Waals surface area contributed by atoms with Crippen LogP contribution in [0.2, 0.25) is 0 Å². The average molecular weight is 328 g/mol. The van der Waals surface area contributed by atoms with Gasteiger partial charge in [-0.25, -0.2) is 0 Å². The van der Waals surface area contributed by atoms with Gasteiger partial charge >= 0.3 is 0 Å². The molecule has 3 rings (SSSR count). The number of anilines is 1. The van der Waals surface area contributed by atoms with Crippen LogP contribution in [0.4, 0.5) is 5.69 Å². The van der Waals surface area contributed by atoms with Crippen molar-refractivity contribution in [3.8, 4) is 0 Å². The summed E-state index contributed by atoms with van der Waals surface area (Å²) in [6.07, 6.45) is 5.71. The Morgan fingerprint density at radius 1 is 1.04 bits per heavy atom. The van der Waals surface area contributed by atoms with Gasteiger partial charge in [-0.05, 0) is 42.7 Å². The van der Waals surface area contributed by atoms with Gasteiger partial charge in [-0.15, -0.1) is 0 Å². The fraction of sp³-hybridized carbons (Fsp3) is 0.600. The quantitative estimate of drug-likeness (QED) is 0.827.